The highest BCUT2D eigenvalue weighted by Crippen LogP contribution is 2.27. The Morgan fingerprint density at radius 2 is 2.00 bits per heavy atom. The van der Waals surface area contributed by atoms with E-state index in [0.29, 0.717) is 17.5 Å². The van der Waals surface area contributed by atoms with Gasteiger partial charge in [-0.15, -0.1) is 10.2 Å². The number of nitrogens with zero attached hydrogens (tertiary/aromatic N) is 3. The molecule has 1 aliphatic heterocycles. The van der Waals surface area contributed by atoms with Crippen molar-refractivity contribution in [2.45, 2.75) is 44.5 Å². The number of Topliss-reactive ketones (excluding diaryl/α,β-unsaturated/α-hetero) is 1. The number of hydrogen-bond donors (Lipinski definition) is 0. The first-order valence-corrected chi connectivity index (χ1v) is 11.0. The van der Waals surface area contributed by atoms with Gasteiger partial charge in [0, 0.05) is 17.7 Å². The van der Waals surface area contributed by atoms with Crippen LogP contribution in [0.5, 0.6) is 0 Å². The molecule has 7 heteroatoms. The Balaban J connectivity index is 1.57. The van der Waals surface area contributed by atoms with Gasteiger partial charge in [0.1, 0.15) is 5.82 Å². The molecule has 2 aromatic carbocycles. The number of rotatable bonds is 7. The molecule has 1 unspecified atom stereocenters. The third kappa shape index (κ3) is 4.63. The van der Waals surface area contributed by atoms with Crippen LogP contribution in [0.25, 0.3) is 11.4 Å². The van der Waals surface area contributed by atoms with Crippen molar-refractivity contribution in [3.8, 4) is 11.4 Å². The predicted octanol–water partition coefficient (Wildman–Crippen LogP) is 4.86. The molecular weight excluding hydrogens is 401 g/mol. The van der Waals surface area contributed by atoms with E-state index in [1.165, 1.54) is 23.9 Å². The number of thioether (sulfide) groups is 1. The summed E-state index contributed by atoms with van der Waals surface area (Å²) in [6.45, 7) is 5.34. The Kier molecular flexibility index (Phi) is 6.29. The summed E-state index contributed by atoms with van der Waals surface area (Å²) in [5.74, 6) is 0.703. The number of carbonyl (C=O) groups is 1. The SMILES string of the molecule is Cc1ccc(C(=O)CSc2nnc(-c3ccc(F)cc3)n2CC2CCCO2)c(C)c1. The predicted molar refractivity (Wildman–Crippen MR) is 115 cm³/mol. The van der Waals surface area contributed by atoms with Gasteiger partial charge in [0.25, 0.3) is 0 Å². The molecule has 0 radical (unpaired) electrons. The fraction of sp³-hybridized carbons (Fsp3) is 0.348. The average Bonchev–Trinajstić information content (AvgIpc) is 3.37. The Bertz CT molecular complexity index is 1040. The van der Waals surface area contributed by atoms with E-state index in [4.69, 9.17) is 4.74 Å². The van der Waals surface area contributed by atoms with Gasteiger partial charge in [0.05, 0.1) is 18.4 Å². The minimum Gasteiger partial charge on any atom is -0.376 e. The van der Waals surface area contributed by atoms with Gasteiger partial charge in [0.2, 0.25) is 0 Å². The molecule has 0 amide bonds. The monoisotopic (exact) mass is 425 g/mol. The molecule has 0 bridgehead atoms. The van der Waals surface area contributed by atoms with Crippen LogP contribution in [-0.2, 0) is 11.3 Å². The number of halogens is 1. The first-order chi connectivity index (χ1) is 14.5. The average molecular weight is 426 g/mol. The zero-order chi connectivity index (χ0) is 21.1. The number of aryl methyl sites for hydroxylation is 2. The molecule has 5 nitrogen and oxygen atoms in total. The molecule has 1 aromatic heterocycles. The molecule has 2 heterocycles. The standard InChI is InChI=1S/C23H24FN3O2S/c1-15-5-10-20(16(2)12-15)21(28)14-30-23-26-25-22(17-6-8-18(24)9-7-17)27(23)13-19-4-3-11-29-19/h5-10,12,19H,3-4,11,13-14H2,1-2H3. The van der Waals surface area contributed by atoms with E-state index in [9.17, 15) is 9.18 Å². The maximum atomic E-state index is 13.4. The highest BCUT2D eigenvalue weighted by atomic mass is 32.2. The molecule has 1 atom stereocenters. The molecule has 1 fully saturated rings. The zero-order valence-electron chi connectivity index (χ0n) is 17.1. The van der Waals surface area contributed by atoms with E-state index in [0.717, 1.165) is 41.7 Å². The summed E-state index contributed by atoms with van der Waals surface area (Å²) in [5.41, 5.74) is 3.64. The van der Waals surface area contributed by atoms with Crippen LogP contribution in [0, 0.1) is 19.7 Å². The van der Waals surface area contributed by atoms with Crippen LogP contribution in [-0.4, -0.2) is 39.0 Å². The van der Waals surface area contributed by atoms with Crippen LogP contribution in [0.2, 0.25) is 0 Å². The lowest BCUT2D eigenvalue weighted by Gasteiger charge is -2.15. The summed E-state index contributed by atoms with van der Waals surface area (Å²) in [5, 5.41) is 9.34. The highest BCUT2D eigenvalue weighted by Gasteiger charge is 2.22. The number of ether oxygens (including phenoxy) is 1. The smallest absolute Gasteiger partial charge is 0.192 e. The zero-order valence-corrected chi connectivity index (χ0v) is 17.9. The molecule has 3 aromatic rings. The quantitative estimate of drug-likeness (QED) is 0.400. The van der Waals surface area contributed by atoms with Crippen LogP contribution in [0.3, 0.4) is 0 Å². The van der Waals surface area contributed by atoms with Crippen molar-refractivity contribution in [3.63, 3.8) is 0 Å². The van der Waals surface area contributed by atoms with Crippen LogP contribution in [0.1, 0.15) is 34.3 Å². The number of aromatic nitrogens is 3. The molecule has 0 N–H and O–H groups in total. The van der Waals surface area contributed by atoms with Crippen LogP contribution in [0.4, 0.5) is 4.39 Å². The fourth-order valence-corrected chi connectivity index (χ4v) is 4.53. The van der Waals surface area contributed by atoms with Gasteiger partial charge in [-0.25, -0.2) is 4.39 Å². The van der Waals surface area contributed by atoms with Crippen molar-refractivity contribution < 1.29 is 13.9 Å². The lowest BCUT2D eigenvalue weighted by molar-refractivity contribution is 0.0953. The summed E-state index contributed by atoms with van der Waals surface area (Å²) in [4.78, 5) is 12.8. The maximum Gasteiger partial charge on any atom is 0.192 e. The first kappa shape index (κ1) is 20.8. The maximum absolute atomic E-state index is 13.4. The molecule has 156 valence electrons. The van der Waals surface area contributed by atoms with Crippen LogP contribution >= 0.6 is 11.8 Å². The molecule has 4 rings (SSSR count). The van der Waals surface area contributed by atoms with Crippen molar-refractivity contribution in [2.75, 3.05) is 12.4 Å². The molecule has 0 aliphatic carbocycles. The van der Waals surface area contributed by atoms with Crippen LogP contribution in [0.15, 0.2) is 47.6 Å². The van der Waals surface area contributed by atoms with Crippen LogP contribution < -0.4 is 0 Å². The Morgan fingerprint density at radius 1 is 1.20 bits per heavy atom. The second-order valence-electron chi connectivity index (χ2n) is 7.59. The number of carbonyl (C=O) groups excluding carboxylic acids is 1. The molecule has 0 saturated carbocycles. The molecular formula is C23H24FN3O2S. The van der Waals surface area contributed by atoms with Gasteiger partial charge in [-0.3, -0.25) is 9.36 Å². The first-order valence-electron chi connectivity index (χ1n) is 10.1. The van der Waals surface area contributed by atoms with Crippen molar-refractivity contribution in [3.05, 3.63) is 65.0 Å². The van der Waals surface area contributed by atoms with Crippen molar-refractivity contribution in [1.82, 2.24) is 14.8 Å². The summed E-state index contributed by atoms with van der Waals surface area (Å²) >= 11 is 1.38. The van der Waals surface area contributed by atoms with E-state index >= 15 is 0 Å². The van der Waals surface area contributed by atoms with Crippen molar-refractivity contribution in [2.24, 2.45) is 0 Å². The second kappa shape index (κ2) is 9.10. The van der Waals surface area contributed by atoms with E-state index in [2.05, 4.69) is 10.2 Å². The van der Waals surface area contributed by atoms with Gasteiger partial charge < -0.3 is 4.74 Å². The number of hydrogen-bond acceptors (Lipinski definition) is 5. The van der Waals surface area contributed by atoms with Gasteiger partial charge >= 0.3 is 0 Å². The Morgan fingerprint density at radius 3 is 2.70 bits per heavy atom. The summed E-state index contributed by atoms with van der Waals surface area (Å²) in [6, 6.07) is 12.1. The van der Waals surface area contributed by atoms with Crippen molar-refractivity contribution >= 4 is 17.5 Å². The van der Waals surface area contributed by atoms with Crippen molar-refractivity contribution in [1.29, 1.82) is 0 Å². The number of benzene rings is 2. The van der Waals surface area contributed by atoms with Gasteiger partial charge in [-0.2, -0.15) is 0 Å². The van der Waals surface area contributed by atoms with Gasteiger partial charge in [0.15, 0.2) is 16.8 Å². The Hall–Kier alpha value is -2.51. The lowest BCUT2D eigenvalue weighted by atomic mass is 10.0. The third-order valence-electron chi connectivity index (χ3n) is 5.24. The Labute approximate surface area is 179 Å². The minimum atomic E-state index is -0.294. The lowest BCUT2D eigenvalue weighted by Crippen LogP contribution is -2.17. The molecule has 0 spiro atoms. The normalized spacial score (nSPS) is 16.2. The molecule has 30 heavy (non-hydrogen) atoms. The van der Waals surface area contributed by atoms with E-state index in [1.807, 2.05) is 36.6 Å². The molecule has 1 saturated heterocycles. The van der Waals surface area contributed by atoms with E-state index < -0.39 is 0 Å². The van der Waals surface area contributed by atoms with E-state index in [1.54, 1.807) is 12.1 Å². The highest BCUT2D eigenvalue weighted by molar-refractivity contribution is 7.99. The summed E-state index contributed by atoms with van der Waals surface area (Å²) < 4.78 is 21.1. The van der Waals surface area contributed by atoms with E-state index in [-0.39, 0.29) is 23.5 Å². The minimum absolute atomic E-state index is 0.0625. The number of ketones is 1. The third-order valence-corrected chi connectivity index (χ3v) is 6.21. The van der Waals surface area contributed by atoms with Gasteiger partial charge in [-0.1, -0.05) is 35.5 Å². The van der Waals surface area contributed by atoms with Gasteiger partial charge in [-0.05, 0) is 56.5 Å². The largest absolute Gasteiger partial charge is 0.376 e. The fourth-order valence-electron chi connectivity index (χ4n) is 3.70. The summed E-state index contributed by atoms with van der Waals surface area (Å²) in [7, 11) is 0. The second-order valence-corrected chi connectivity index (χ2v) is 8.53. The summed E-state index contributed by atoms with van der Waals surface area (Å²) in [6.07, 6.45) is 2.11. The topological polar surface area (TPSA) is 57.0 Å². The molecule has 1 aliphatic rings.